The van der Waals surface area contributed by atoms with Gasteiger partial charge in [-0.1, -0.05) is 0 Å². The van der Waals surface area contributed by atoms with Crippen LogP contribution in [-0.2, 0) is 0 Å². The molecule has 7 heavy (non-hydrogen) atoms. The minimum atomic E-state index is 0. The standard InChI is InChI=1S/C4H5NSe.ClH/c5-4-2-1-3-6-4;/h1-3H,5H2;1H. The van der Waals surface area contributed by atoms with Crippen LogP contribution in [0.4, 0.5) is 4.56 Å². The van der Waals surface area contributed by atoms with Crippen LogP contribution in [0.1, 0.15) is 0 Å². The summed E-state index contributed by atoms with van der Waals surface area (Å²) >= 11 is 0.486. The van der Waals surface area contributed by atoms with Crippen LogP contribution in [-0.4, -0.2) is 14.5 Å². The first kappa shape index (κ1) is 7.09. The molecule has 0 fully saturated rings. The molecule has 0 unspecified atom stereocenters. The van der Waals surface area contributed by atoms with Gasteiger partial charge in [0.2, 0.25) is 0 Å². The Balaban J connectivity index is 0.000000360. The predicted molar refractivity (Wildman–Crippen MR) is 35.0 cm³/mol. The molecular weight excluding hydrogens is 176 g/mol. The molecule has 1 heterocycles. The quantitative estimate of drug-likeness (QED) is 0.589. The Morgan fingerprint density at radius 2 is 2.29 bits per heavy atom. The first-order chi connectivity index (χ1) is 2.89. The Labute approximate surface area is 54.7 Å². The third-order valence-corrected chi connectivity index (χ3v) is 2.01. The van der Waals surface area contributed by atoms with Gasteiger partial charge in [-0.05, 0) is 0 Å². The molecule has 0 radical (unpaired) electrons. The topological polar surface area (TPSA) is 26.0 Å². The van der Waals surface area contributed by atoms with E-state index in [9.17, 15) is 0 Å². The average Bonchev–Trinajstić information content (AvgIpc) is 1.86. The maximum atomic E-state index is 5.36. The van der Waals surface area contributed by atoms with Crippen molar-refractivity contribution < 1.29 is 0 Å². The van der Waals surface area contributed by atoms with E-state index in [1.54, 1.807) is 0 Å². The summed E-state index contributed by atoms with van der Waals surface area (Å²) in [7, 11) is 0. The van der Waals surface area contributed by atoms with E-state index in [-0.39, 0.29) is 12.4 Å². The second-order valence-corrected chi connectivity index (χ2v) is 3.07. The Kier molecular flexibility index (Phi) is 3.18. The van der Waals surface area contributed by atoms with Crippen LogP contribution in [0.5, 0.6) is 0 Å². The summed E-state index contributed by atoms with van der Waals surface area (Å²) in [6.45, 7) is 0. The Morgan fingerprint density at radius 3 is 2.43 bits per heavy atom. The predicted octanol–water partition coefficient (Wildman–Crippen LogP) is 0.748. The fourth-order valence-electron chi connectivity index (χ4n) is 0.291. The van der Waals surface area contributed by atoms with Crippen LogP contribution in [0.25, 0.3) is 0 Å². The van der Waals surface area contributed by atoms with Gasteiger partial charge < -0.3 is 0 Å². The van der Waals surface area contributed by atoms with E-state index in [0.29, 0.717) is 14.5 Å². The molecule has 0 aromatic carbocycles. The van der Waals surface area contributed by atoms with E-state index in [4.69, 9.17) is 5.73 Å². The molecule has 0 saturated carbocycles. The molecule has 0 bridgehead atoms. The summed E-state index contributed by atoms with van der Waals surface area (Å²) < 4.78 is 1.03. The second-order valence-electron chi connectivity index (χ2n) is 1.02. The zero-order valence-electron chi connectivity index (χ0n) is 3.63. The van der Waals surface area contributed by atoms with Crippen molar-refractivity contribution in [3.05, 3.63) is 17.1 Å². The van der Waals surface area contributed by atoms with Gasteiger partial charge in [0.15, 0.2) is 0 Å². The Bertz CT molecular complexity index is 115. The molecule has 1 aromatic rings. The first-order valence-electron chi connectivity index (χ1n) is 1.68. The Morgan fingerprint density at radius 1 is 1.57 bits per heavy atom. The molecule has 40 valence electrons. The first-order valence-corrected chi connectivity index (χ1v) is 3.53. The number of rotatable bonds is 0. The minimum absolute atomic E-state index is 0. The number of nitrogens with two attached hydrogens (primary N) is 1. The molecule has 0 aliphatic heterocycles. The zero-order chi connectivity index (χ0) is 4.41. The molecule has 0 aliphatic rings. The van der Waals surface area contributed by atoms with E-state index < -0.39 is 0 Å². The normalized spacial score (nSPS) is 7.43. The van der Waals surface area contributed by atoms with Gasteiger partial charge in [-0.15, -0.1) is 12.4 Å². The molecule has 0 saturated heterocycles. The van der Waals surface area contributed by atoms with Crippen molar-refractivity contribution in [2.24, 2.45) is 0 Å². The van der Waals surface area contributed by atoms with Gasteiger partial charge in [-0.25, -0.2) is 0 Å². The summed E-state index contributed by atoms with van der Waals surface area (Å²) in [5.74, 6) is 0. The van der Waals surface area contributed by atoms with Crippen molar-refractivity contribution in [1.82, 2.24) is 0 Å². The number of anilines is 1. The van der Waals surface area contributed by atoms with Gasteiger partial charge in [-0.3, -0.25) is 0 Å². The van der Waals surface area contributed by atoms with Crippen molar-refractivity contribution >= 4 is 31.5 Å². The van der Waals surface area contributed by atoms with E-state index in [1.165, 1.54) is 0 Å². The van der Waals surface area contributed by atoms with Crippen LogP contribution in [0.15, 0.2) is 17.1 Å². The van der Waals surface area contributed by atoms with E-state index in [2.05, 4.69) is 4.94 Å². The van der Waals surface area contributed by atoms with Crippen LogP contribution in [0.2, 0.25) is 0 Å². The van der Waals surface area contributed by atoms with Crippen LogP contribution < -0.4 is 5.73 Å². The third kappa shape index (κ3) is 2.03. The summed E-state index contributed by atoms with van der Waals surface area (Å²) in [4.78, 5) is 2.10. The average molecular weight is 183 g/mol. The zero-order valence-corrected chi connectivity index (χ0v) is 6.16. The summed E-state index contributed by atoms with van der Waals surface area (Å²) in [5.41, 5.74) is 5.36. The molecule has 0 spiro atoms. The van der Waals surface area contributed by atoms with Crippen molar-refractivity contribution in [2.75, 3.05) is 5.73 Å². The van der Waals surface area contributed by atoms with Gasteiger partial charge in [0.1, 0.15) is 0 Å². The van der Waals surface area contributed by atoms with Crippen LogP contribution >= 0.6 is 12.4 Å². The second kappa shape index (κ2) is 3.14. The van der Waals surface area contributed by atoms with Gasteiger partial charge in [0.25, 0.3) is 0 Å². The van der Waals surface area contributed by atoms with Crippen LogP contribution in [0.3, 0.4) is 0 Å². The van der Waals surface area contributed by atoms with E-state index >= 15 is 0 Å². The monoisotopic (exact) mass is 183 g/mol. The van der Waals surface area contributed by atoms with Gasteiger partial charge >= 0.3 is 41.9 Å². The number of hydrogen-bond donors (Lipinski definition) is 1. The molecule has 0 atom stereocenters. The molecule has 1 rings (SSSR count). The number of halogens is 1. The van der Waals surface area contributed by atoms with Crippen molar-refractivity contribution in [3.63, 3.8) is 0 Å². The van der Waals surface area contributed by atoms with E-state index in [0.717, 1.165) is 4.56 Å². The van der Waals surface area contributed by atoms with Crippen molar-refractivity contribution in [3.8, 4) is 0 Å². The number of nitrogen functional groups attached to an aromatic ring is 1. The summed E-state index contributed by atoms with van der Waals surface area (Å²) in [6.07, 6.45) is 0. The van der Waals surface area contributed by atoms with Gasteiger partial charge in [0, 0.05) is 0 Å². The van der Waals surface area contributed by atoms with E-state index in [1.807, 2.05) is 12.1 Å². The fourth-order valence-corrected chi connectivity index (χ4v) is 1.28. The maximum absolute atomic E-state index is 5.36. The third-order valence-electron chi connectivity index (χ3n) is 0.543. The van der Waals surface area contributed by atoms with Crippen LogP contribution in [0, 0.1) is 0 Å². The summed E-state index contributed by atoms with van der Waals surface area (Å²) in [5, 5.41) is 0. The van der Waals surface area contributed by atoms with Gasteiger partial charge in [0.05, 0.1) is 0 Å². The SMILES string of the molecule is Cl.Nc1ccc[se]1. The summed E-state index contributed by atoms with van der Waals surface area (Å²) in [6, 6.07) is 3.94. The molecule has 2 N–H and O–H groups in total. The number of hydrogen-bond acceptors (Lipinski definition) is 1. The Hall–Kier alpha value is 0.0895. The molecular formula is C4H6ClNSe. The fraction of sp³-hybridized carbons (Fsp3) is 0. The molecule has 0 amide bonds. The molecule has 3 heteroatoms. The molecule has 1 nitrogen and oxygen atoms in total. The van der Waals surface area contributed by atoms with Crippen molar-refractivity contribution in [1.29, 1.82) is 0 Å². The van der Waals surface area contributed by atoms with Gasteiger partial charge in [-0.2, -0.15) is 0 Å². The van der Waals surface area contributed by atoms with Crippen molar-refractivity contribution in [2.45, 2.75) is 0 Å². The molecule has 0 aliphatic carbocycles. The molecule has 1 aromatic heterocycles.